The standard InChI is InChI=1S/C21H35N3O12/c1-7-14(25)31-10-13(34-20(29)23-5)17(35-16(27)9-3)18(36-21(30)24-6)12(33-15(26)8-2)11-32-19(28)22-4/h12-13,17-18H,7-11H2,1-6H3,(H,22,28)(H,23,29)(H,24,30). The van der Waals surface area contributed by atoms with E-state index in [0.29, 0.717) is 0 Å². The fourth-order valence-electron chi connectivity index (χ4n) is 2.47. The summed E-state index contributed by atoms with van der Waals surface area (Å²) in [6.07, 6.45) is -9.60. The molecule has 4 unspecified atom stereocenters. The lowest BCUT2D eigenvalue weighted by Crippen LogP contribution is -2.55. The molecule has 206 valence electrons. The Bertz CT molecular complexity index is 698. The van der Waals surface area contributed by atoms with E-state index in [1.165, 1.54) is 41.9 Å². The van der Waals surface area contributed by atoms with Crippen LogP contribution < -0.4 is 16.0 Å². The Morgan fingerprint density at radius 1 is 0.528 bits per heavy atom. The number of hydrogen-bond acceptors (Lipinski definition) is 12. The SMILES string of the molecule is CCC(=O)OCC(OC(=O)NC)C(OC(=O)CC)C(OC(=O)NC)C(COC(=O)NC)OC(=O)CC. The van der Waals surface area contributed by atoms with E-state index in [1.54, 1.807) is 0 Å². The van der Waals surface area contributed by atoms with Crippen molar-refractivity contribution in [3.05, 3.63) is 0 Å². The molecular formula is C21H35N3O12. The minimum atomic E-state index is -1.68. The van der Waals surface area contributed by atoms with Crippen LogP contribution in [0.15, 0.2) is 0 Å². The van der Waals surface area contributed by atoms with Crippen LogP contribution >= 0.6 is 0 Å². The van der Waals surface area contributed by atoms with Gasteiger partial charge in [-0.15, -0.1) is 0 Å². The molecule has 3 N–H and O–H groups in total. The van der Waals surface area contributed by atoms with Crippen molar-refractivity contribution < 1.29 is 57.2 Å². The molecule has 15 heteroatoms. The number of rotatable bonds is 14. The first-order chi connectivity index (χ1) is 17.1. The number of ether oxygens (including phenoxy) is 6. The van der Waals surface area contributed by atoms with Crippen molar-refractivity contribution in [3.63, 3.8) is 0 Å². The molecule has 0 spiro atoms. The Morgan fingerprint density at radius 2 is 0.944 bits per heavy atom. The smallest absolute Gasteiger partial charge is 0.407 e. The number of nitrogens with one attached hydrogen (secondary N) is 3. The third-order valence-corrected chi connectivity index (χ3v) is 4.37. The van der Waals surface area contributed by atoms with E-state index in [0.717, 1.165) is 0 Å². The van der Waals surface area contributed by atoms with Crippen LogP contribution in [0.25, 0.3) is 0 Å². The zero-order chi connectivity index (χ0) is 27.7. The molecule has 0 bridgehead atoms. The molecule has 0 aromatic rings. The van der Waals surface area contributed by atoms with Crippen molar-refractivity contribution in [3.8, 4) is 0 Å². The molecule has 0 aromatic heterocycles. The summed E-state index contributed by atoms with van der Waals surface area (Å²) >= 11 is 0. The summed E-state index contributed by atoms with van der Waals surface area (Å²) in [5, 5.41) is 6.60. The Morgan fingerprint density at radius 3 is 1.44 bits per heavy atom. The first kappa shape index (κ1) is 32.2. The van der Waals surface area contributed by atoms with E-state index in [2.05, 4.69) is 16.0 Å². The van der Waals surface area contributed by atoms with E-state index in [4.69, 9.17) is 28.4 Å². The van der Waals surface area contributed by atoms with Gasteiger partial charge in [0.15, 0.2) is 24.4 Å². The first-order valence-electron chi connectivity index (χ1n) is 11.2. The molecule has 0 saturated carbocycles. The van der Waals surface area contributed by atoms with Gasteiger partial charge in [-0.25, -0.2) is 14.4 Å². The molecule has 0 rings (SSSR count). The Balaban J connectivity index is 6.59. The molecule has 0 aliphatic heterocycles. The van der Waals surface area contributed by atoms with Gasteiger partial charge in [-0.2, -0.15) is 0 Å². The van der Waals surface area contributed by atoms with Gasteiger partial charge in [0.2, 0.25) is 0 Å². The van der Waals surface area contributed by atoms with Gasteiger partial charge in [0.25, 0.3) is 0 Å². The molecule has 4 atom stereocenters. The molecule has 0 aromatic carbocycles. The summed E-state index contributed by atoms with van der Waals surface area (Å²) in [7, 11) is 3.78. The van der Waals surface area contributed by atoms with Crippen LogP contribution in [0.2, 0.25) is 0 Å². The summed E-state index contributed by atoms with van der Waals surface area (Å²) in [5.74, 6) is -2.25. The van der Waals surface area contributed by atoms with Gasteiger partial charge >= 0.3 is 36.2 Å². The number of carbonyl (C=O) groups excluding carboxylic acids is 6. The highest BCUT2D eigenvalue weighted by Gasteiger charge is 2.45. The highest BCUT2D eigenvalue weighted by atomic mass is 16.7. The van der Waals surface area contributed by atoms with Gasteiger partial charge in [0.05, 0.1) is 0 Å². The number of alkyl carbamates (subject to hydrolysis) is 3. The predicted octanol–water partition coefficient (Wildman–Crippen LogP) is 0.388. The van der Waals surface area contributed by atoms with Gasteiger partial charge in [-0.1, -0.05) is 20.8 Å². The topological polar surface area (TPSA) is 194 Å². The largest absolute Gasteiger partial charge is 0.462 e. The summed E-state index contributed by atoms with van der Waals surface area (Å²) in [6, 6.07) is 0. The van der Waals surface area contributed by atoms with Crippen LogP contribution in [-0.2, 0) is 42.8 Å². The van der Waals surface area contributed by atoms with Gasteiger partial charge in [0, 0.05) is 40.4 Å². The monoisotopic (exact) mass is 521 g/mol. The van der Waals surface area contributed by atoms with Gasteiger partial charge in [0.1, 0.15) is 13.2 Å². The fraction of sp³-hybridized carbons (Fsp3) is 0.714. The lowest BCUT2D eigenvalue weighted by molar-refractivity contribution is -0.188. The average molecular weight is 522 g/mol. The molecule has 3 amide bonds. The maximum absolute atomic E-state index is 12.3. The minimum Gasteiger partial charge on any atom is -0.462 e. The van der Waals surface area contributed by atoms with Gasteiger partial charge < -0.3 is 44.4 Å². The fourth-order valence-corrected chi connectivity index (χ4v) is 2.47. The predicted molar refractivity (Wildman–Crippen MR) is 121 cm³/mol. The number of esters is 3. The second-order valence-electron chi connectivity index (χ2n) is 6.89. The van der Waals surface area contributed by atoms with Crippen molar-refractivity contribution in [2.75, 3.05) is 34.4 Å². The minimum absolute atomic E-state index is 0.0129. The molecule has 0 saturated heterocycles. The summed E-state index contributed by atoms with van der Waals surface area (Å²) in [5.41, 5.74) is 0. The Hall–Kier alpha value is -3.78. The molecule has 0 aliphatic carbocycles. The highest BCUT2D eigenvalue weighted by molar-refractivity contribution is 5.71. The van der Waals surface area contributed by atoms with Crippen LogP contribution in [0.3, 0.4) is 0 Å². The number of carbonyl (C=O) groups is 6. The second-order valence-corrected chi connectivity index (χ2v) is 6.89. The number of amides is 3. The zero-order valence-corrected chi connectivity index (χ0v) is 21.2. The van der Waals surface area contributed by atoms with Crippen LogP contribution in [0.5, 0.6) is 0 Å². The third-order valence-electron chi connectivity index (χ3n) is 4.37. The maximum Gasteiger partial charge on any atom is 0.407 e. The molecule has 0 aliphatic rings. The second kappa shape index (κ2) is 17.6. The Labute approximate surface area is 208 Å². The molecule has 36 heavy (non-hydrogen) atoms. The van der Waals surface area contributed by atoms with Crippen molar-refractivity contribution in [1.82, 2.24) is 16.0 Å². The van der Waals surface area contributed by atoms with E-state index in [9.17, 15) is 28.8 Å². The maximum atomic E-state index is 12.3. The first-order valence-corrected chi connectivity index (χ1v) is 11.2. The molecular weight excluding hydrogens is 486 g/mol. The normalized spacial score (nSPS) is 13.5. The van der Waals surface area contributed by atoms with E-state index in [-0.39, 0.29) is 19.3 Å². The van der Waals surface area contributed by atoms with Crippen molar-refractivity contribution in [2.24, 2.45) is 0 Å². The van der Waals surface area contributed by atoms with Crippen LogP contribution in [-0.4, -0.2) is 95.0 Å². The van der Waals surface area contributed by atoms with E-state index in [1.807, 2.05) is 0 Å². The van der Waals surface area contributed by atoms with Gasteiger partial charge in [-0.3, -0.25) is 14.4 Å². The molecule has 0 heterocycles. The summed E-state index contributed by atoms with van der Waals surface area (Å²) in [6.45, 7) is 3.24. The lowest BCUT2D eigenvalue weighted by atomic mass is 10.0. The van der Waals surface area contributed by atoms with Crippen molar-refractivity contribution in [2.45, 2.75) is 64.4 Å². The van der Waals surface area contributed by atoms with Crippen molar-refractivity contribution in [1.29, 1.82) is 0 Å². The zero-order valence-electron chi connectivity index (χ0n) is 21.2. The van der Waals surface area contributed by atoms with Gasteiger partial charge in [-0.05, 0) is 0 Å². The van der Waals surface area contributed by atoms with E-state index < -0.39 is 73.8 Å². The summed E-state index contributed by atoms with van der Waals surface area (Å²) in [4.78, 5) is 72.2. The molecule has 0 radical (unpaired) electrons. The third kappa shape index (κ3) is 12.1. The van der Waals surface area contributed by atoms with Crippen LogP contribution in [0, 0.1) is 0 Å². The summed E-state index contributed by atoms with van der Waals surface area (Å²) < 4.78 is 31.4. The number of hydrogen-bond donors (Lipinski definition) is 3. The van der Waals surface area contributed by atoms with Crippen LogP contribution in [0.4, 0.5) is 14.4 Å². The lowest BCUT2D eigenvalue weighted by Gasteiger charge is -2.35. The average Bonchev–Trinajstić information content (AvgIpc) is 2.89. The quantitative estimate of drug-likeness (QED) is 0.210. The molecule has 15 nitrogen and oxygen atoms in total. The van der Waals surface area contributed by atoms with Crippen molar-refractivity contribution >= 4 is 36.2 Å². The van der Waals surface area contributed by atoms with Crippen LogP contribution in [0.1, 0.15) is 40.0 Å². The Kier molecular flexibility index (Phi) is 15.8. The van der Waals surface area contributed by atoms with E-state index >= 15 is 0 Å². The molecule has 0 fully saturated rings. The highest BCUT2D eigenvalue weighted by Crippen LogP contribution is 2.21.